The van der Waals surface area contributed by atoms with Crippen LogP contribution in [0.2, 0.25) is 0 Å². The molecule has 1 aromatic rings. The first-order valence-corrected chi connectivity index (χ1v) is 7.54. The molecule has 106 valence electrons. The molecule has 1 aliphatic carbocycles. The van der Waals surface area contributed by atoms with E-state index in [-0.39, 0.29) is 0 Å². The first-order chi connectivity index (χ1) is 9.33. The van der Waals surface area contributed by atoms with Crippen molar-refractivity contribution in [3.05, 3.63) is 12.4 Å². The van der Waals surface area contributed by atoms with E-state index >= 15 is 0 Å². The molecule has 1 saturated carbocycles. The number of hydrogen-bond donors (Lipinski definition) is 1. The molecule has 0 bridgehead atoms. The minimum atomic E-state index is 0.518. The van der Waals surface area contributed by atoms with E-state index in [4.69, 9.17) is 4.74 Å². The maximum Gasteiger partial charge on any atom is 0.218 e. The van der Waals surface area contributed by atoms with Crippen molar-refractivity contribution in [3.63, 3.8) is 0 Å². The normalized spacial score (nSPS) is 18.0. The molecule has 0 amide bonds. The zero-order chi connectivity index (χ0) is 13.5. The minimum absolute atomic E-state index is 0.518. The van der Waals surface area contributed by atoms with E-state index in [1.54, 1.807) is 6.33 Å². The van der Waals surface area contributed by atoms with Crippen LogP contribution >= 0.6 is 0 Å². The van der Waals surface area contributed by atoms with Gasteiger partial charge in [-0.05, 0) is 32.1 Å². The van der Waals surface area contributed by atoms with Crippen LogP contribution in [-0.4, -0.2) is 22.6 Å². The predicted octanol–water partition coefficient (Wildman–Crippen LogP) is 3.65. The second-order valence-corrected chi connectivity index (χ2v) is 5.23. The molecule has 0 saturated heterocycles. The molecule has 19 heavy (non-hydrogen) atoms. The summed E-state index contributed by atoms with van der Waals surface area (Å²) in [5.74, 6) is 2.32. The fourth-order valence-corrected chi connectivity index (χ4v) is 2.92. The first kappa shape index (κ1) is 14.1. The van der Waals surface area contributed by atoms with Gasteiger partial charge in [0.05, 0.1) is 6.61 Å². The van der Waals surface area contributed by atoms with Crippen molar-refractivity contribution in [3.8, 4) is 5.88 Å². The smallest absolute Gasteiger partial charge is 0.218 e. The summed E-state index contributed by atoms with van der Waals surface area (Å²) < 4.78 is 5.42. The van der Waals surface area contributed by atoms with Gasteiger partial charge in [0.15, 0.2) is 0 Å². The van der Waals surface area contributed by atoms with Crippen molar-refractivity contribution in [2.75, 3.05) is 11.9 Å². The van der Waals surface area contributed by atoms with Crippen molar-refractivity contribution in [1.82, 2.24) is 9.97 Å². The lowest BCUT2D eigenvalue weighted by Gasteiger charge is -2.30. The monoisotopic (exact) mass is 263 g/mol. The topological polar surface area (TPSA) is 47.0 Å². The second-order valence-electron chi connectivity index (χ2n) is 5.23. The Bertz CT molecular complexity index is 377. The Labute approximate surface area is 116 Å². The second kappa shape index (κ2) is 7.31. The lowest BCUT2D eigenvalue weighted by atomic mass is 9.83. The summed E-state index contributed by atoms with van der Waals surface area (Å²) in [5.41, 5.74) is 0. The van der Waals surface area contributed by atoms with Crippen LogP contribution in [0.15, 0.2) is 12.4 Å². The van der Waals surface area contributed by atoms with E-state index in [1.807, 2.05) is 13.0 Å². The molecule has 0 spiro atoms. The standard InChI is InChI=1S/C15H25N3O/c1-3-13(12-8-6-5-7-9-12)18-14-10-15(19-4-2)17-11-16-14/h10-13H,3-9H2,1-2H3,(H,16,17,18). The quantitative estimate of drug-likeness (QED) is 0.851. The zero-order valence-electron chi connectivity index (χ0n) is 12.1. The number of nitrogens with zero attached hydrogens (tertiary/aromatic N) is 2. The van der Waals surface area contributed by atoms with Gasteiger partial charge >= 0.3 is 0 Å². The first-order valence-electron chi connectivity index (χ1n) is 7.54. The van der Waals surface area contributed by atoms with Crippen LogP contribution in [0.1, 0.15) is 52.4 Å². The predicted molar refractivity (Wildman–Crippen MR) is 77.5 cm³/mol. The summed E-state index contributed by atoms with van der Waals surface area (Å²) in [6.45, 7) is 4.85. The van der Waals surface area contributed by atoms with Crippen molar-refractivity contribution >= 4 is 5.82 Å². The molecule has 1 N–H and O–H groups in total. The number of hydrogen-bond acceptors (Lipinski definition) is 4. The van der Waals surface area contributed by atoms with E-state index in [1.165, 1.54) is 32.1 Å². The molecular weight excluding hydrogens is 238 g/mol. The Morgan fingerprint density at radius 3 is 2.74 bits per heavy atom. The molecule has 0 aromatic carbocycles. The molecule has 4 nitrogen and oxygen atoms in total. The average Bonchev–Trinajstić information content (AvgIpc) is 2.46. The van der Waals surface area contributed by atoms with Gasteiger partial charge in [0.1, 0.15) is 12.1 Å². The number of anilines is 1. The van der Waals surface area contributed by atoms with Gasteiger partial charge in [-0.15, -0.1) is 0 Å². The summed E-state index contributed by atoms with van der Waals surface area (Å²) in [7, 11) is 0. The molecule has 1 fully saturated rings. The summed E-state index contributed by atoms with van der Waals surface area (Å²) in [6, 6.07) is 2.42. The highest BCUT2D eigenvalue weighted by Gasteiger charge is 2.22. The van der Waals surface area contributed by atoms with E-state index in [0.717, 1.165) is 18.2 Å². The molecular formula is C15H25N3O. The highest BCUT2D eigenvalue weighted by Crippen LogP contribution is 2.29. The maximum atomic E-state index is 5.42. The summed E-state index contributed by atoms with van der Waals surface area (Å²) in [6.07, 6.45) is 9.53. The Morgan fingerprint density at radius 2 is 2.05 bits per heavy atom. The van der Waals surface area contributed by atoms with Gasteiger partial charge in [0, 0.05) is 12.1 Å². The van der Waals surface area contributed by atoms with Crippen molar-refractivity contribution in [2.45, 2.75) is 58.4 Å². The van der Waals surface area contributed by atoms with Crippen molar-refractivity contribution in [2.24, 2.45) is 5.92 Å². The van der Waals surface area contributed by atoms with Crippen LogP contribution in [0.25, 0.3) is 0 Å². The van der Waals surface area contributed by atoms with Gasteiger partial charge in [0.25, 0.3) is 0 Å². The average molecular weight is 263 g/mol. The highest BCUT2D eigenvalue weighted by molar-refractivity contribution is 5.38. The van der Waals surface area contributed by atoms with Crippen molar-refractivity contribution < 1.29 is 4.74 Å². The van der Waals surface area contributed by atoms with Gasteiger partial charge in [-0.25, -0.2) is 9.97 Å². The third-order valence-electron chi connectivity index (χ3n) is 3.93. The van der Waals surface area contributed by atoms with E-state index < -0.39 is 0 Å². The summed E-state index contributed by atoms with van der Waals surface area (Å²) in [5, 5.41) is 3.57. The van der Waals surface area contributed by atoms with Crippen LogP contribution in [0.4, 0.5) is 5.82 Å². The maximum absolute atomic E-state index is 5.42. The van der Waals surface area contributed by atoms with Crippen LogP contribution in [0.3, 0.4) is 0 Å². The molecule has 1 heterocycles. The van der Waals surface area contributed by atoms with Gasteiger partial charge in [0.2, 0.25) is 5.88 Å². The van der Waals surface area contributed by atoms with Crippen LogP contribution in [0, 0.1) is 5.92 Å². The zero-order valence-corrected chi connectivity index (χ0v) is 12.1. The number of rotatable bonds is 6. The molecule has 1 unspecified atom stereocenters. The fourth-order valence-electron chi connectivity index (χ4n) is 2.92. The summed E-state index contributed by atoms with van der Waals surface area (Å²) >= 11 is 0. The molecule has 0 radical (unpaired) electrons. The Hall–Kier alpha value is -1.32. The SMILES string of the molecule is CCOc1cc(NC(CC)C2CCCCC2)ncn1. The van der Waals surface area contributed by atoms with Gasteiger partial charge in [-0.2, -0.15) is 0 Å². The largest absolute Gasteiger partial charge is 0.478 e. The van der Waals surface area contributed by atoms with Crippen LogP contribution in [0.5, 0.6) is 5.88 Å². The number of aromatic nitrogens is 2. The van der Waals surface area contributed by atoms with Gasteiger partial charge in [-0.3, -0.25) is 0 Å². The third kappa shape index (κ3) is 4.08. The molecule has 0 aliphatic heterocycles. The lowest BCUT2D eigenvalue weighted by molar-refractivity contribution is 0.311. The molecule has 1 aromatic heterocycles. The highest BCUT2D eigenvalue weighted by atomic mass is 16.5. The lowest BCUT2D eigenvalue weighted by Crippen LogP contribution is -2.30. The molecule has 2 rings (SSSR count). The Morgan fingerprint density at radius 1 is 1.26 bits per heavy atom. The van der Waals surface area contributed by atoms with Crippen LogP contribution in [-0.2, 0) is 0 Å². The van der Waals surface area contributed by atoms with Gasteiger partial charge in [-0.1, -0.05) is 26.2 Å². The molecule has 1 atom stereocenters. The minimum Gasteiger partial charge on any atom is -0.478 e. The number of ether oxygens (including phenoxy) is 1. The van der Waals surface area contributed by atoms with Crippen molar-refractivity contribution in [1.29, 1.82) is 0 Å². The molecule has 4 heteroatoms. The summed E-state index contributed by atoms with van der Waals surface area (Å²) in [4.78, 5) is 8.40. The number of nitrogens with one attached hydrogen (secondary N) is 1. The third-order valence-corrected chi connectivity index (χ3v) is 3.93. The van der Waals surface area contributed by atoms with E-state index in [2.05, 4.69) is 22.2 Å². The van der Waals surface area contributed by atoms with E-state index in [0.29, 0.717) is 18.5 Å². The van der Waals surface area contributed by atoms with Crippen LogP contribution < -0.4 is 10.1 Å². The van der Waals surface area contributed by atoms with E-state index in [9.17, 15) is 0 Å². The Balaban J connectivity index is 1.98. The molecule has 1 aliphatic rings. The Kier molecular flexibility index (Phi) is 5.43. The fraction of sp³-hybridized carbons (Fsp3) is 0.733. The van der Waals surface area contributed by atoms with Gasteiger partial charge < -0.3 is 10.1 Å².